The number of halogens is 1. The molecule has 3 unspecified atom stereocenters. The zero-order valence-corrected chi connectivity index (χ0v) is 9.50. The molecule has 2 nitrogen and oxygen atoms in total. The van der Waals surface area contributed by atoms with Gasteiger partial charge in [0.15, 0.2) is 0 Å². The van der Waals surface area contributed by atoms with Gasteiger partial charge in [-0.3, -0.25) is 4.99 Å². The van der Waals surface area contributed by atoms with E-state index >= 15 is 0 Å². The molecule has 0 bridgehead atoms. The van der Waals surface area contributed by atoms with Crippen molar-refractivity contribution in [2.24, 2.45) is 15.9 Å². The van der Waals surface area contributed by atoms with Gasteiger partial charge in [-0.1, -0.05) is 15.9 Å². The lowest BCUT2D eigenvalue weighted by atomic mass is 9.96. The highest BCUT2D eigenvalue weighted by Gasteiger charge is 2.26. The zero-order valence-electron chi connectivity index (χ0n) is 7.91. The van der Waals surface area contributed by atoms with Crippen LogP contribution in [0.4, 0.5) is 0 Å². The largest absolute Gasteiger partial charge is 0.267 e. The maximum atomic E-state index is 4.60. The molecule has 3 heteroatoms. The van der Waals surface area contributed by atoms with Gasteiger partial charge in [0, 0.05) is 17.0 Å². The first-order valence-corrected chi connectivity index (χ1v) is 5.90. The summed E-state index contributed by atoms with van der Waals surface area (Å²) in [4.78, 5) is 9.58. The summed E-state index contributed by atoms with van der Waals surface area (Å²) >= 11 is 3.69. The third-order valence-electron chi connectivity index (χ3n) is 2.89. The van der Waals surface area contributed by atoms with E-state index in [9.17, 15) is 0 Å². The summed E-state index contributed by atoms with van der Waals surface area (Å²) in [6.45, 7) is 1.99. The molecule has 0 aromatic carbocycles. The van der Waals surface area contributed by atoms with Crippen molar-refractivity contribution in [2.45, 2.75) is 43.5 Å². The summed E-state index contributed by atoms with van der Waals surface area (Å²) in [5, 5.41) is 0. The van der Waals surface area contributed by atoms with E-state index in [0.29, 0.717) is 16.8 Å². The van der Waals surface area contributed by atoms with Crippen LogP contribution in [-0.4, -0.2) is 22.9 Å². The van der Waals surface area contributed by atoms with Crippen molar-refractivity contribution in [3.8, 4) is 0 Å². The maximum absolute atomic E-state index is 4.60. The Hall–Kier alpha value is -0.180. The Kier molecular flexibility index (Phi) is 2.82. The molecular weight excluding hydrogens is 228 g/mol. The molecule has 13 heavy (non-hydrogen) atoms. The van der Waals surface area contributed by atoms with E-state index in [4.69, 9.17) is 0 Å². The molecule has 0 aromatic heterocycles. The Balaban J connectivity index is 2.09. The smallest absolute Gasteiger partial charge is 0.120 e. The van der Waals surface area contributed by atoms with Gasteiger partial charge in [0.1, 0.15) is 5.84 Å². The monoisotopic (exact) mass is 242 g/mol. The normalized spacial score (nSPS) is 39.2. The van der Waals surface area contributed by atoms with Crippen LogP contribution >= 0.6 is 15.9 Å². The van der Waals surface area contributed by atoms with Crippen molar-refractivity contribution in [3.63, 3.8) is 0 Å². The third kappa shape index (κ3) is 2.19. The van der Waals surface area contributed by atoms with Gasteiger partial charge in [-0.25, -0.2) is 4.99 Å². The quantitative estimate of drug-likeness (QED) is 0.584. The predicted octanol–water partition coefficient (Wildman–Crippen LogP) is 2.81. The van der Waals surface area contributed by atoms with Gasteiger partial charge in [-0.15, -0.1) is 0 Å². The maximum Gasteiger partial charge on any atom is 0.120 e. The fourth-order valence-electron chi connectivity index (χ4n) is 2.09. The number of fused-ring (bicyclic) bond motifs is 1. The Morgan fingerprint density at radius 3 is 2.92 bits per heavy atom. The molecule has 1 aliphatic carbocycles. The first-order chi connectivity index (χ1) is 6.25. The number of alkyl halides is 1. The van der Waals surface area contributed by atoms with Crippen LogP contribution < -0.4 is 0 Å². The fraction of sp³-hybridized carbons (Fsp3) is 0.800. The topological polar surface area (TPSA) is 24.7 Å². The van der Waals surface area contributed by atoms with Crippen LogP contribution in [0.1, 0.15) is 32.6 Å². The minimum absolute atomic E-state index is 0.514. The highest BCUT2D eigenvalue weighted by atomic mass is 79.9. The average Bonchev–Trinajstić information content (AvgIpc) is 2.29. The van der Waals surface area contributed by atoms with Crippen LogP contribution in [0.2, 0.25) is 0 Å². The van der Waals surface area contributed by atoms with Crippen molar-refractivity contribution in [1.29, 1.82) is 0 Å². The average molecular weight is 243 g/mol. The van der Waals surface area contributed by atoms with Gasteiger partial charge in [0.05, 0.1) is 6.04 Å². The lowest BCUT2D eigenvalue weighted by Gasteiger charge is -2.20. The predicted molar refractivity (Wildman–Crippen MR) is 60.1 cm³/mol. The molecule has 0 amide bonds. The molecule has 0 saturated heterocycles. The van der Waals surface area contributed by atoms with Crippen LogP contribution in [0.25, 0.3) is 0 Å². The molecule has 1 fully saturated rings. The van der Waals surface area contributed by atoms with Crippen molar-refractivity contribution in [3.05, 3.63) is 0 Å². The van der Waals surface area contributed by atoms with Crippen molar-refractivity contribution in [1.82, 2.24) is 0 Å². The molecular formula is C10H15BrN2. The Morgan fingerprint density at radius 2 is 2.08 bits per heavy atom. The molecule has 0 radical (unpaired) electrons. The number of hydrogen-bond acceptors (Lipinski definition) is 2. The minimum Gasteiger partial charge on any atom is -0.267 e. The van der Waals surface area contributed by atoms with Gasteiger partial charge in [-0.05, 0) is 32.6 Å². The highest BCUT2D eigenvalue weighted by molar-refractivity contribution is 9.09. The molecule has 1 saturated carbocycles. The first-order valence-electron chi connectivity index (χ1n) is 4.98. The van der Waals surface area contributed by atoms with Crippen molar-refractivity contribution >= 4 is 28.0 Å². The number of nitrogens with zero attached hydrogens (tertiary/aromatic N) is 2. The molecule has 3 atom stereocenters. The van der Waals surface area contributed by atoms with Gasteiger partial charge >= 0.3 is 0 Å². The lowest BCUT2D eigenvalue weighted by Crippen LogP contribution is -2.23. The summed E-state index contributed by atoms with van der Waals surface area (Å²) in [5.41, 5.74) is 0. The van der Waals surface area contributed by atoms with Crippen molar-refractivity contribution < 1.29 is 0 Å². The number of amidine groups is 1. The third-order valence-corrected chi connectivity index (χ3v) is 3.80. The lowest BCUT2D eigenvalue weighted by molar-refractivity contribution is 0.506. The van der Waals surface area contributed by atoms with Gasteiger partial charge < -0.3 is 0 Å². The van der Waals surface area contributed by atoms with Crippen LogP contribution in [-0.2, 0) is 0 Å². The second-order valence-electron chi connectivity index (χ2n) is 3.94. The fourth-order valence-corrected chi connectivity index (χ4v) is 2.62. The summed E-state index contributed by atoms with van der Waals surface area (Å²) < 4.78 is 0. The molecule has 2 aliphatic rings. The Bertz CT molecular complexity index is 247. The highest BCUT2D eigenvalue weighted by Crippen LogP contribution is 2.30. The van der Waals surface area contributed by atoms with Gasteiger partial charge in [0.2, 0.25) is 0 Å². The molecule has 0 N–H and O–H groups in total. The molecule has 1 aliphatic heterocycles. The van der Waals surface area contributed by atoms with E-state index in [1.54, 1.807) is 0 Å². The second kappa shape index (κ2) is 3.91. The number of hydrogen-bond donors (Lipinski definition) is 0. The Labute approximate surface area is 87.7 Å². The molecule has 1 heterocycles. The molecule has 0 aromatic rings. The van der Waals surface area contributed by atoms with Crippen LogP contribution in [0.5, 0.6) is 0 Å². The molecule has 72 valence electrons. The van der Waals surface area contributed by atoms with Crippen LogP contribution in [0.3, 0.4) is 0 Å². The summed E-state index contributed by atoms with van der Waals surface area (Å²) in [6, 6.07) is 0.514. The number of aliphatic imine (C=N–C) groups is 2. The zero-order chi connectivity index (χ0) is 9.26. The van der Waals surface area contributed by atoms with Crippen LogP contribution in [0, 0.1) is 5.92 Å². The van der Waals surface area contributed by atoms with Crippen LogP contribution in [0.15, 0.2) is 9.98 Å². The number of rotatable bonds is 0. The van der Waals surface area contributed by atoms with Crippen molar-refractivity contribution in [2.75, 3.05) is 0 Å². The van der Waals surface area contributed by atoms with E-state index < -0.39 is 0 Å². The molecule has 2 rings (SSSR count). The van der Waals surface area contributed by atoms with E-state index in [-0.39, 0.29) is 0 Å². The van der Waals surface area contributed by atoms with E-state index in [1.807, 2.05) is 6.92 Å². The van der Waals surface area contributed by atoms with E-state index in [0.717, 1.165) is 5.84 Å². The summed E-state index contributed by atoms with van der Waals surface area (Å²) in [7, 11) is 0. The standard InChI is InChI=1S/C10H15BrN2/c1-7-12-6-8-2-3-9(11)4-5-10(8)13-7/h6,8-10H,2-5H2,1H3. The summed E-state index contributed by atoms with van der Waals surface area (Å²) in [5.74, 6) is 1.56. The SMILES string of the molecule is CC1=NC2CCC(Br)CCC2C=N1. The second-order valence-corrected chi connectivity index (χ2v) is 5.23. The minimum atomic E-state index is 0.514. The summed E-state index contributed by atoms with van der Waals surface area (Å²) in [6.07, 6.45) is 7.08. The Morgan fingerprint density at radius 1 is 1.31 bits per heavy atom. The van der Waals surface area contributed by atoms with E-state index in [1.165, 1.54) is 25.7 Å². The van der Waals surface area contributed by atoms with E-state index in [2.05, 4.69) is 32.1 Å². The van der Waals surface area contributed by atoms with Gasteiger partial charge in [0.25, 0.3) is 0 Å². The first kappa shape index (κ1) is 9.38. The molecule has 0 spiro atoms. The van der Waals surface area contributed by atoms with Gasteiger partial charge in [-0.2, -0.15) is 0 Å².